The molecule has 0 atom stereocenters. The molecule has 34 heavy (non-hydrogen) atoms. The Morgan fingerprint density at radius 1 is 0.824 bits per heavy atom. The van der Waals surface area contributed by atoms with Gasteiger partial charge in [-0.05, 0) is 36.8 Å². The van der Waals surface area contributed by atoms with Gasteiger partial charge in [-0.2, -0.15) is 0 Å². The lowest BCUT2D eigenvalue weighted by atomic mass is 9.99. The lowest BCUT2D eigenvalue weighted by Crippen LogP contribution is -2.29. The smallest absolute Gasteiger partial charge is 0.264 e. The maximum Gasteiger partial charge on any atom is 0.264 e. The van der Waals surface area contributed by atoms with Gasteiger partial charge in [0.2, 0.25) is 11.8 Å². The molecule has 12 heteroatoms. The summed E-state index contributed by atoms with van der Waals surface area (Å²) in [6, 6.07) is 11.6. The summed E-state index contributed by atoms with van der Waals surface area (Å²) in [4.78, 5) is 22.9. The highest BCUT2D eigenvalue weighted by atomic mass is 32.2. The monoisotopic (exact) mass is 505 g/mol. The Balaban J connectivity index is 2.00. The summed E-state index contributed by atoms with van der Waals surface area (Å²) in [6.07, 6.45) is 0.0392. The predicted octanol–water partition coefficient (Wildman–Crippen LogP) is 2.75. The van der Waals surface area contributed by atoms with Crippen LogP contribution in [0, 0.1) is 6.92 Å². The van der Waals surface area contributed by atoms with Crippen LogP contribution < -0.4 is 9.44 Å². The molecule has 0 spiro atoms. The second-order valence-corrected chi connectivity index (χ2v) is 10.6. The highest BCUT2D eigenvalue weighted by molar-refractivity contribution is 7.90. The van der Waals surface area contributed by atoms with Crippen molar-refractivity contribution in [2.45, 2.75) is 43.4 Å². The minimum atomic E-state index is -4.06. The van der Waals surface area contributed by atoms with Crippen LogP contribution in [0.2, 0.25) is 0 Å². The molecule has 0 radical (unpaired) electrons. The first-order valence-electron chi connectivity index (χ1n) is 10.3. The quantitative estimate of drug-likeness (QED) is 0.474. The highest BCUT2D eigenvalue weighted by Gasteiger charge is 2.22. The summed E-state index contributed by atoms with van der Waals surface area (Å²) < 4.78 is 59.0. The van der Waals surface area contributed by atoms with E-state index < -0.39 is 31.9 Å². The number of benzene rings is 2. The fraction of sp³-hybridized carbons (Fsp3) is 0.227. The lowest BCUT2D eigenvalue weighted by molar-refractivity contribution is -0.119. The van der Waals surface area contributed by atoms with Gasteiger partial charge in [0, 0.05) is 18.4 Å². The molecule has 0 aliphatic carbocycles. The van der Waals surface area contributed by atoms with Crippen molar-refractivity contribution in [3.63, 3.8) is 0 Å². The van der Waals surface area contributed by atoms with Gasteiger partial charge in [0.05, 0.1) is 15.4 Å². The van der Waals surface area contributed by atoms with Crippen molar-refractivity contribution in [2.75, 3.05) is 0 Å². The molecular formula is C22H23N3O7S2. The molecule has 180 valence electrons. The average molecular weight is 506 g/mol. The van der Waals surface area contributed by atoms with Crippen molar-refractivity contribution in [3.8, 4) is 22.4 Å². The topological polar surface area (TPSA) is 153 Å². The van der Waals surface area contributed by atoms with E-state index in [0.29, 0.717) is 28.1 Å². The lowest BCUT2D eigenvalue weighted by Gasteiger charge is -2.09. The summed E-state index contributed by atoms with van der Waals surface area (Å²) >= 11 is 0. The van der Waals surface area contributed by atoms with Gasteiger partial charge in [0.1, 0.15) is 11.5 Å². The van der Waals surface area contributed by atoms with E-state index in [1.165, 1.54) is 42.5 Å². The number of amides is 2. The standard InChI is InChI=1S/C22H23N3O7S2/c1-4-19(26)24-33(28,29)17-11-9-15(10-12-17)22-21(14(3)32-23-22)16-7-6-8-18(13-16)34(30,31)25-20(27)5-2/h6-13H,4-5H2,1-3H3,(H,24,26)(H,25,27). The van der Waals surface area contributed by atoms with E-state index in [0.717, 1.165) is 0 Å². The van der Waals surface area contributed by atoms with E-state index in [1.807, 2.05) is 9.44 Å². The number of carbonyl (C=O) groups is 2. The normalized spacial score (nSPS) is 11.7. The van der Waals surface area contributed by atoms with Gasteiger partial charge >= 0.3 is 0 Å². The Bertz CT molecular complexity index is 1440. The minimum absolute atomic E-state index is 0.0155. The molecular weight excluding hydrogens is 482 g/mol. The maximum atomic E-state index is 12.5. The number of carbonyl (C=O) groups excluding carboxylic acids is 2. The summed E-state index contributed by atoms with van der Waals surface area (Å²) in [5.41, 5.74) is 1.87. The first-order chi connectivity index (χ1) is 16.0. The molecule has 3 rings (SSSR count). The van der Waals surface area contributed by atoms with E-state index in [1.54, 1.807) is 26.8 Å². The zero-order valence-corrected chi connectivity index (χ0v) is 20.3. The molecule has 10 nitrogen and oxygen atoms in total. The van der Waals surface area contributed by atoms with Crippen LogP contribution in [-0.2, 0) is 29.6 Å². The first-order valence-corrected chi connectivity index (χ1v) is 13.2. The SMILES string of the molecule is CCC(=O)NS(=O)(=O)c1ccc(-c2noc(C)c2-c2cccc(S(=O)(=O)NC(=O)CC)c2)cc1. The Labute approximate surface area is 197 Å². The molecule has 0 unspecified atom stereocenters. The molecule has 0 fully saturated rings. The Kier molecular flexibility index (Phi) is 7.22. The minimum Gasteiger partial charge on any atom is -0.360 e. The molecule has 2 amide bonds. The number of rotatable bonds is 8. The predicted molar refractivity (Wildman–Crippen MR) is 123 cm³/mol. The van der Waals surface area contributed by atoms with E-state index in [4.69, 9.17) is 4.52 Å². The molecule has 0 aliphatic heterocycles. The number of hydrogen-bond donors (Lipinski definition) is 2. The number of nitrogens with one attached hydrogen (secondary N) is 2. The third kappa shape index (κ3) is 5.34. The molecule has 0 saturated carbocycles. The molecule has 1 aromatic heterocycles. The van der Waals surface area contributed by atoms with Crippen molar-refractivity contribution in [2.24, 2.45) is 0 Å². The Hall–Kier alpha value is -3.51. The molecule has 0 bridgehead atoms. The van der Waals surface area contributed by atoms with Gasteiger partial charge in [-0.3, -0.25) is 9.59 Å². The van der Waals surface area contributed by atoms with Crippen molar-refractivity contribution in [1.82, 2.24) is 14.6 Å². The second-order valence-electron chi connectivity index (χ2n) is 7.28. The van der Waals surface area contributed by atoms with Crippen LogP contribution in [0.25, 0.3) is 22.4 Å². The number of aryl methyl sites for hydroxylation is 1. The Morgan fingerprint density at radius 3 is 1.94 bits per heavy atom. The average Bonchev–Trinajstić information content (AvgIpc) is 3.19. The summed E-state index contributed by atoms with van der Waals surface area (Å²) in [7, 11) is -8.07. The third-order valence-corrected chi connectivity index (χ3v) is 7.63. The van der Waals surface area contributed by atoms with Gasteiger partial charge in [0.25, 0.3) is 20.0 Å². The first kappa shape index (κ1) is 25.1. The maximum absolute atomic E-state index is 12.5. The van der Waals surface area contributed by atoms with Crippen LogP contribution in [0.5, 0.6) is 0 Å². The van der Waals surface area contributed by atoms with Crippen LogP contribution in [0.1, 0.15) is 32.4 Å². The van der Waals surface area contributed by atoms with Crippen LogP contribution >= 0.6 is 0 Å². The van der Waals surface area contributed by atoms with Crippen molar-refractivity contribution >= 4 is 31.9 Å². The molecule has 0 saturated heterocycles. The van der Waals surface area contributed by atoms with E-state index >= 15 is 0 Å². The van der Waals surface area contributed by atoms with Crippen LogP contribution in [0.3, 0.4) is 0 Å². The van der Waals surface area contributed by atoms with Crippen molar-refractivity contribution < 1.29 is 30.9 Å². The Morgan fingerprint density at radius 2 is 1.38 bits per heavy atom. The largest absolute Gasteiger partial charge is 0.360 e. The zero-order chi connectivity index (χ0) is 25.1. The van der Waals surface area contributed by atoms with Gasteiger partial charge in [-0.15, -0.1) is 0 Å². The summed E-state index contributed by atoms with van der Waals surface area (Å²) in [6.45, 7) is 4.74. The fourth-order valence-corrected chi connectivity index (χ4v) is 5.24. The zero-order valence-electron chi connectivity index (χ0n) is 18.7. The van der Waals surface area contributed by atoms with E-state index in [-0.39, 0.29) is 22.6 Å². The van der Waals surface area contributed by atoms with Gasteiger partial charge < -0.3 is 4.52 Å². The van der Waals surface area contributed by atoms with Gasteiger partial charge in [-0.1, -0.05) is 43.3 Å². The molecule has 0 aliphatic rings. The van der Waals surface area contributed by atoms with Crippen LogP contribution in [-0.4, -0.2) is 33.8 Å². The van der Waals surface area contributed by atoms with Crippen LogP contribution in [0.15, 0.2) is 62.8 Å². The number of aromatic nitrogens is 1. The molecule has 1 heterocycles. The van der Waals surface area contributed by atoms with Gasteiger partial charge in [-0.25, -0.2) is 26.3 Å². The number of sulfonamides is 2. The number of nitrogens with zero attached hydrogens (tertiary/aromatic N) is 1. The molecule has 2 N–H and O–H groups in total. The summed E-state index contributed by atoms with van der Waals surface area (Å²) in [5, 5.41) is 4.06. The van der Waals surface area contributed by atoms with Gasteiger partial charge in [0.15, 0.2) is 0 Å². The fourth-order valence-electron chi connectivity index (χ4n) is 3.08. The number of hydrogen-bond acceptors (Lipinski definition) is 8. The summed E-state index contributed by atoms with van der Waals surface area (Å²) in [5.74, 6) is -0.838. The second kappa shape index (κ2) is 9.77. The van der Waals surface area contributed by atoms with Crippen molar-refractivity contribution in [3.05, 3.63) is 54.3 Å². The van der Waals surface area contributed by atoms with E-state index in [2.05, 4.69) is 5.16 Å². The van der Waals surface area contributed by atoms with Crippen LogP contribution in [0.4, 0.5) is 0 Å². The van der Waals surface area contributed by atoms with Crippen molar-refractivity contribution in [1.29, 1.82) is 0 Å². The molecule has 3 aromatic rings. The third-order valence-electron chi connectivity index (χ3n) is 4.87. The van der Waals surface area contributed by atoms with E-state index in [9.17, 15) is 26.4 Å². The molecule has 2 aromatic carbocycles. The highest BCUT2D eigenvalue weighted by Crippen LogP contribution is 2.35.